The molecule has 0 spiro atoms. The highest BCUT2D eigenvalue weighted by molar-refractivity contribution is 7.90. The SMILES string of the molecule is Cc1cc(-c2ccc3cnc(CNC(=O)c4cnc(C)c(S(C)(=O)=O)c4)cc3n2)cnc1OC1C[C@@H](C)O[C@@H](C)C1. The predicted octanol–water partition coefficient (Wildman–Crippen LogP) is 4.37. The van der Waals surface area contributed by atoms with Crippen LogP contribution in [0.1, 0.15) is 54.0 Å². The van der Waals surface area contributed by atoms with Gasteiger partial charge in [0, 0.05) is 54.2 Å². The highest BCUT2D eigenvalue weighted by atomic mass is 32.2. The third-order valence-corrected chi connectivity index (χ3v) is 8.23. The molecule has 1 unspecified atom stereocenters. The van der Waals surface area contributed by atoms with Crippen molar-refractivity contribution in [2.45, 2.75) is 70.3 Å². The Morgan fingerprint density at radius 3 is 2.49 bits per heavy atom. The predicted molar refractivity (Wildman–Crippen MR) is 154 cm³/mol. The molecule has 10 nitrogen and oxygen atoms in total. The van der Waals surface area contributed by atoms with E-state index in [2.05, 4.69) is 34.1 Å². The van der Waals surface area contributed by atoms with Gasteiger partial charge in [-0.1, -0.05) is 0 Å². The highest BCUT2D eigenvalue weighted by Gasteiger charge is 2.26. The Labute approximate surface area is 239 Å². The van der Waals surface area contributed by atoms with Crippen molar-refractivity contribution in [2.24, 2.45) is 0 Å². The van der Waals surface area contributed by atoms with Crippen molar-refractivity contribution in [3.63, 3.8) is 0 Å². The molecule has 1 fully saturated rings. The Kier molecular flexibility index (Phi) is 8.01. The van der Waals surface area contributed by atoms with Crippen LogP contribution in [-0.2, 0) is 21.1 Å². The molecule has 0 bridgehead atoms. The van der Waals surface area contributed by atoms with Gasteiger partial charge in [-0.25, -0.2) is 18.4 Å². The van der Waals surface area contributed by atoms with Crippen molar-refractivity contribution >= 4 is 26.6 Å². The summed E-state index contributed by atoms with van der Waals surface area (Å²) in [5, 5.41) is 3.64. The Morgan fingerprint density at radius 1 is 1.02 bits per heavy atom. The molecule has 11 heteroatoms. The van der Waals surface area contributed by atoms with Gasteiger partial charge < -0.3 is 14.8 Å². The van der Waals surface area contributed by atoms with Crippen molar-refractivity contribution in [1.29, 1.82) is 0 Å². The van der Waals surface area contributed by atoms with E-state index in [1.54, 1.807) is 19.3 Å². The zero-order valence-electron chi connectivity index (χ0n) is 23.7. The Morgan fingerprint density at radius 2 is 1.78 bits per heavy atom. The number of ether oxygens (including phenoxy) is 2. The number of sulfone groups is 1. The Balaban J connectivity index is 1.30. The zero-order chi connectivity index (χ0) is 29.3. The average Bonchev–Trinajstić information content (AvgIpc) is 2.91. The second-order valence-corrected chi connectivity index (χ2v) is 12.6. The fourth-order valence-electron chi connectivity index (χ4n) is 5.02. The normalized spacial score (nSPS) is 19.2. The minimum Gasteiger partial charge on any atom is -0.474 e. The standard InChI is InChI=1S/C30H33N5O5S/c1-17-8-22(14-34-30(17)40-25-9-18(2)39-19(3)10-25)26-7-6-21-13-32-24(12-27(21)35-26)16-33-29(36)23-11-28(41(5,37)38)20(4)31-15-23/h6-8,11-15,18-19,25H,9-10,16H2,1-5H3,(H,33,36)/t18-,19+,25?. The highest BCUT2D eigenvalue weighted by Crippen LogP contribution is 2.28. The number of carbonyl (C=O) groups is 1. The molecular formula is C30H33N5O5S. The number of rotatable bonds is 7. The number of hydrogen-bond acceptors (Lipinski definition) is 9. The molecule has 1 aliphatic rings. The molecule has 0 radical (unpaired) electrons. The maximum atomic E-state index is 12.7. The monoisotopic (exact) mass is 575 g/mol. The summed E-state index contributed by atoms with van der Waals surface area (Å²) < 4.78 is 36.0. The molecule has 1 N–H and O–H groups in total. The molecule has 214 valence electrons. The van der Waals surface area contributed by atoms with Gasteiger partial charge in [0.05, 0.1) is 51.8 Å². The summed E-state index contributed by atoms with van der Waals surface area (Å²) in [5.41, 5.74) is 4.39. The maximum Gasteiger partial charge on any atom is 0.253 e. The summed E-state index contributed by atoms with van der Waals surface area (Å²) in [4.78, 5) is 30.7. The first-order valence-corrected chi connectivity index (χ1v) is 15.3. The summed E-state index contributed by atoms with van der Waals surface area (Å²) in [7, 11) is -3.50. The van der Waals surface area contributed by atoms with Crippen LogP contribution in [0.3, 0.4) is 0 Å². The number of pyridine rings is 4. The number of hydrogen-bond donors (Lipinski definition) is 1. The van der Waals surface area contributed by atoms with Crippen molar-refractivity contribution in [2.75, 3.05) is 6.26 Å². The molecule has 41 heavy (non-hydrogen) atoms. The number of aromatic nitrogens is 4. The second kappa shape index (κ2) is 11.5. The van der Waals surface area contributed by atoms with Gasteiger partial charge in [-0.05, 0) is 58.0 Å². The summed E-state index contributed by atoms with van der Waals surface area (Å²) in [5.74, 6) is 0.176. The first-order valence-electron chi connectivity index (χ1n) is 13.5. The van der Waals surface area contributed by atoms with E-state index >= 15 is 0 Å². The fraction of sp³-hybridized carbons (Fsp3) is 0.367. The summed E-state index contributed by atoms with van der Waals surface area (Å²) >= 11 is 0. The summed E-state index contributed by atoms with van der Waals surface area (Å²) in [6, 6.07) is 9.05. The third-order valence-electron chi connectivity index (χ3n) is 7.02. The molecule has 0 saturated carbocycles. The van der Waals surface area contributed by atoms with Gasteiger partial charge in [-0.3, -0.25) is 14.8 Å². The van der Waals surface area contributed by atoms with Crippen LogP contribution in [0.4, 0.5) is 0 Å². The average molecular weight is 576 g/mol. The number of aryl methyl sites for hydroxylation is 2. The topological polar surface area (TPSA) is 133 Å². The van der Waals surface area contributed by atoms with E-state index in [-0.39, 0.29) is 35.3 Å². The first kappa shape index (κ1) is 28.6. The number of fused-ring (bicyclic) bond motifs is 1. The van der Waals surface area contributed by atoms with Gasteiger partial charge in [0.2, 0.25) is 5.88 Å². The van der Waals surface area contributed by atoms with E-state index in [0.717, 1.165) is 46.8 Å². The van der Waals surface area contributed by atoms with Crippen LogP contribution in [0.2, 0.25) is 0 Å². The smallest absolute Gasteiger partial charge is 0.253 e. The van der Waals surface area contributed by atoms with E-state index in [4.69, 9.17) is 14.5 Å². The third kappa shape index (κ3) is 6.68. The van der Waals surface area contributed by atoms with Gasteiger partial charge in [-0.15, -0.1) is 0 Å². The first-order chi connectivity index (χ1) is 19.5. The van der Waals surface area contributed by atoms with Crippen molar-refractivity contribution in [3.05, 3.63) is 71.4 Å². The molecule has 1 amide bonds. The van der Waals surface area contributed by atoms with Crippen LogP contribution in [0, 0.1) is 13.8 Å². The minimum atomic E-state index is -3.50. The summed E-state index contributed by atoms with van der Waals surface area (Å²) in [6.07, 6.45) is 7.98. The van der Waals surface area contributed by atoms with Crippen molar-refractivity contribution in [3.8, 4) is 17.1 Å². The van der Waals surface area contributed by atoms with E-state index in [9.17, 15) is 13.2 Å². The molecule has 0 aliphatic carbocycles. The van der Waals surface area contributed by atoms with Gasteiger partial charge in [0.15, 0.2) is 9.84 Å². The molecule has 1 aliphatic heterocycles. The Bertz CT molecular complexity index is 1720. The molecular weight excluding hydrogens is 542 g/mol. The molecule has 5 heterocycles. The van der Waals surface area contributed by atoms with Crippen LogP contribution in [0.15, 0.2) is 53.8 Å². The minimum absolute atomic E-state index is 0.0304. The molecule has 1 saturated heterocycles. The van der Waals surface area contributed by atoms with Gasteiger partial charge >= 0.3 is 0 Å². The maximum absolute atomic E-state index is 12.7. The second-order valence-electron chi connectivity index (χ2n) is 10.6. The van der Waals surface area contributed by atoms with Gasteiger partial charge in [0.25, 0.3) is 5.91 Å². The van der Waals surface area contributed by atoms with Crippen LogP contribution < -0.4 is 10.1 Å². The van der Waals surface area contributed by atoms with Crippen LogP contribution in [0.25, 0.3) is 22.2 Å². The number of amides is 1. The van der Waals surface area contributed by atoms with E-state index < -0.39 is 15.7 Å². The molecule has 0 aromatic carbocycles. The molecule has 5 rings (SSSR count). The Hall–Kier alpha value is -3.96. The lowest BCUT2D eigenvalue weighted by Crippen LogP contribution is -2.36. The quantitative estimate of drug-likeness (QED) is 0.341. The summed E-state index contributed by atoms with van der Waals surface area (Å²) in [6.45, 7) is 7.83. The molecule has 4 aromatic rings. The van der Waals surface area contributed by atoms with E-state index in [0.29, 0.717) is 17.3 Å². The fourth-order valence-corrected chi connectivity index (χ4v) is 5.96. The number of nitrogens with zero attached hydrogens (tertiary/aromatic N) is 4. The van der Waals surface area contributed by atoms with E-state index in [1.165, 1.54) is 12.3 Å². The van der Waals surface area contributed by atoms with Gasteiger partial charge in [-0.2, -0.15) is 0 Å². The van der Waals surface area contributed by atoms with Crippen LogP contribution in [0.5, 0.6) is 5.88 Å². The largest absolute Gasteiger partial charge is 0.474 e. The molecule has 4 aromatic heterocycles. The lowest BCUT2D eigenvalue weighted by Gasteiger charge is -2.32. The zero-order valence-corrected chi connectivity index (χ0v) is 24.5. The number of carbonyl (C=O) groups excluding carboxylic acids is 1. The molecule has 3 atom stereocenters. The number of nitrogens with one attached hydrogen (secondary N) is 1. The van der Waals surface area contributed by atoms with Crippen LogP contribution >= 0.6 is 0 Å². The lowest BCUT2D eigenvalue weighted by atomic mass is 10.0. The van der Waals surface area contributed by atoms with Crippen molar-refractivity contribution in [1.82, 2.24) is 25.3 Å². The van der Waals surface area contributed by atoms with E-state index in [1.807, 2.05) is 31.2 Å². The van der Waals surface area contributed by atoms with Gasteiger partial charge in [0.1, 0.15) is 6.10 Å². The van der Waals surface area contributed by atoms with Crippen LogP contribution in [-0.4, -0.2) is 58.8 Å². The van der Waals surface area contributed by atoms with Crippen molar-refractivity contribution < 1.29 is 22.7 Å². The lowest BCUT2D eigenvalue weighted by molar-refractivity contribution is -0.0731.